The van der Waals surface area contributed by atoms with Crippen molar-refractivity contribution in [1.82, 2.24) is 10.3 Å². The predicted molar refractivity (Wildman–Crippen MR) is 71.7 cm³/mol. The number of rotatable bonds is 2. The highest BCUT2D eigenvalue weighted by Crippen LogP contribution is 2.26. The van der Waals surface area contributed by atoms with Crippen LogP contribution in [0.15, 0.2) is 30.5 Å². The summed E-state index contributed by atoms with van der Waals surface area (Å²) in [6.45, 7) is 2.10. The molecule has 0 amide bonds. The Balaban J connectivity index is 1.94. The van der Waals surface area contributed by atoms with Crippen LogP contribution in [0.5, 0.6) is 0 Å². The third-order valence-electron chi connectivity index (χ3n) is 3.09. The lowest BCUT2D eigenvalue weighted by atomic mass is 10.1. The first-order valence-corrected chi connectivity index (χ1v) is 6.22. The van der Waals surface area contributed by atoms with E-state index >= 15 is 0 Å². The molecule has 1 atom stereocenters. The van der Waals surface area contributed by atoms with Gasteiger partial charge >= 0.3 is 0 Å². The molecule has 1 aromatic heterocycles. The Bertz CT molecular complexity index is 535. The Kier molecular flexibility index (Phi) is 2.87. The molecule has 0 aliphatic carbocycles. The maximum Gasteiger partial charge on any atom is 0.0889 e. The molecule has 2 aromatic rings. The second kappa shape index (κ2) is 4.51. The van der Waals surface area contributed by atoms with Gasteiger partial charge < -0.3 is 10.6 Å². The molecule has 0 radical (unpaired) electrons. The average molecular weight is 248 g/mol. The number of fused-ring (bicyclic) bond motifs is 1. The zero-order valence-electron chi connectivity index (χ0n) is 9.41. The van der Waals surface area contributed by atoms with E-state index in [9.17, 15) is 0 Å². The van der Waals surface area contributed by atoms with E-state index in [1.807, 2.05) is 18.2 Å². The number of aromatic nitrogens is 1. The Morgan fingerprint density at radius 2 is 2.35 bits per heavy atom. The van der Waals surface area contributed by atoms with Crippen LogP contribution in [0.3, 0.4) is 0 Å². The molecule has 3 nitrogen and oxygen atoms in total. The van der Waals surface area contributed by atoms with Gasteiger partial charge in [-0.1, -0.05) is 17.7 Å². The van der Waals surface area contributed by atoms with Gasteiger partial charge in [-0.3, -0.25) is 4.98 Å². The van der Waals surface area contributed by atoms with Crippen LogP contribution in [0.4, 0.5) is 5.69 Å². The fraction of sp³-hybridized carbons (Fsp3) is 0.308. The standard InChI is InChI=1S/C13H14ClN3/c14-12-7-11(17-10-3-5-15-8-10)6-9-2-1-4-16-13(9)12/h1-2,4,6-7,10,15,17H,3,5,8H2/t10-/m0/s1. The first-order chi connectivity index (χ1) is 8.33. The van der Waals surface area contributed by atoms with Gasteiger partial charge in [-0.2, -0.15) is 0 Å². The van der Waals surface area contributed by atoms with Gasteiger partial charge in [-0.25, -0.2) is 0 Å². The molecule has 1 aliphatic rings. The average Bonchev–Trinajstić information content (AvgIpc) is 2.82. The minimum Gasteiger partial charge on any atom is -0.381 e. The fourth-order valence-electron chi connectivity index (χ4n) is 2.24. The quantitative estimate of drug-likeness (QED) is 0.857. The van der Waals surface area contributed by atoms with Crippen LogP contribution in [0.2, 0.25) is 5.02 Å². The molecule has 1 aliphatic heterocycles. The van der Waals surface area contributed by atoms with Crippen LogP contribution in [-0.4, -0.2) is 24.1 Å². The second-order valence-electron chi connectivity index (χ2n) is 4.37. The van der Waals surface area contributed by atoms with Crippen LogP contribution in [0.1, 0.15) is 6.42 Å². The van der Waals surface area contributed by atoms with Gasteiger partial charge in [0, 0.05) is 29.9 Å². The minimum absolute atomic E-state index is 0.500. The smallest absolute Gasteiger partial charge is 0.0889 e. The molecule has 0 spiro atoms. The van der Waals surface area contributed by atoms with Gasteiger partial charge in [-0.15, -0.1) is 0 Å². The number of hydrogen-bond donors (Lipinski definition) is 2. The normalized spacial score (nSPS) is 19.7. The third-order valence-corrected chi connectivity index (χ3v) is 3.38. The van der Waals surface area contributed by atoms with Crippen LogP contribution < -0.4 is 10.6 Å². The monoisotopic (exact) mass is 247 g/mol. The molecule has 0 saturated carbocycles. The highest BCUT2D eigenvalue weighted by atomic mass is 35.5. The molecule has 88 valence electrons. The molecule has 3 rings (SSSR count). The van der Waals surface area contributed by atoms with E-state index in [1.165, 1.54) is 0 Å². The molecule has 1 aromatic carbocycles. The summed E-state index contributed by atoms with van der Waals surface area (Å²) in [6.07, 6.45) is 2.92. The number of anilines is 1. The lowest BCUT2D eigenvalue weighted by molar-refractivity contribution is 0.793. The topological polar surface area (TPSA) is 37.0 Å². The maximum atomic E-state index is 6.23. The van der Waals surface area contributed by atoms with E-state index in [4.69, 9.17) is 11.6 Å². The summed E-state index contributed by atoms with van der Waals surface area (Å²) in [5, 5.41) is 8.62. The van der Waals surface area contributed by atoms with Crippen molar-refractivity contribution in [2.45, 2.75) is 12.5 Å². The van der Waals surface area contributed by atoms with Crippen LogP contribution in [0, 0.1) is 0 Å². The summed E-state index contributed by atoms with van der Waals surface area (Å²) in [5.74, 6) is 0. The Morgan fingerprint density at radius 3 is 3.18 bits per heavy atom. The van der Waals surface area contributed by atoms with E-state index in [1.54, 1.807) is 6.20 Å². The summed E-state index contributed by atoms with van der Waals surface area (Å²) in [4.78, 5) is 4.28. The van der Waals surface area contributed by atoms with Crippen molar-refractivity contribution in [3.8, 4) is 0 Å². The first-order valence-electron chi connectivity index (χ1n) is 5.84. The number of pyridine rings is 1. The van der Waals surface area contributed by atoms with Crippen LogP contribution >= 0.6 is 11.6 Å². The van der Waals surface area contributed by atoms with Gasteiger partial charge in [-0.05, 0) is 31.2 Å². The SMILES string of the molecule is Clc1cc(N[C@H]2CCNC2)cc2cccnc12. The molecule has 1 fully saturated rings. The Hall–Kier alpha value is -1.32. The fourth-order valence-corrected chi connectivity index (χ4v) is 2.52. The molecule has 2 heterocycles. The highest BCUT2D eigenvalue weighted by molar-refractivity contribution is 6.35. The van der Waals surface area contributed by atoms with Crippen molar-refractivity contribution >= 4 is 28.2 Å². The Morgan fingerprint density at radius 1 is 1.41 bits per heavy atom. The first kappa shape index (κ1) is 10.8. The number of halogens is 1. The van der Waals surface area contributed by atoms with Crippen molar-refractivity contribution in [2.24, 2.45) is 0 Å². The van der Waals surface area contributed by atoms with E-state index in [0.29, 0.717) is 11.1 Å². The van der Waals surface area contributed by atoms with Crippen LogP contribution in [0.25, 0.3) is 10.9 Å². The highest BCUT2D eigenvalue weighted by Gasteiger charge is 2.14. The summed E-state index contributed by atoms with van der Waals surface area (Å²) >= 11 is 6.23. The third kappa shape index (κ3) is 2.21. The van der Waals surface area contributed by atoms with Gasteiger partial charge in [0.25, 0.3) is 0 Å². The van der Waals surface area contributed by atoms with Gasteiger partial charge in [0.05, 0.1) is 10.5 Å². The molecule has 4 heteroatoms. The van der Waals surface area contributed by atoms with Crippen molar-refractivity contribution in [1.29, 1.82) is 0 Å². The predicted octanol–water partition coefficient (Wildman–Crippen LogP) is 2.66. The van der Waals surface area contributed by atoms with Crippen LogP contribution in [-0.2, 0) is 0 Å². The molecular formula is C13H14ClN3. The second-order valence-corrected chi connectivity index (χ2v) is 4.77. The minimum atomic E-state index is 0.500. The Labute approximate surface area is 105 Å². The van der Waals surface area contributed by atoms with Crippen molar-refractivity contribution < 1.29 is 0 Å². The molecule has 17 heavy (non-hydrogen) atoms. The molecular weight excluding hydrogens is 234 g/mol. The largest absolute Gasteiger partial charge is 0.381 e. The lowest BCUT2D eigenvalue weighted by Crippen LogP contribution is -2.21. The van der Waals surface area contributed by atoms with E-state index in [0.717, 1.165) is 36.1 Å². The summed E-state index contributed by atoms with van der Waals surface area (Å²) in [6, 6.07) is 8.52. The zero-order valence-corrected chi connectivity index (χ0v) is 10.2. The number of nitrogens with one attached hydrogen (secondary N) is 2. The molecule has 1 saturated heterocycles. The van der Waals surface area contributed by atoms with E-state index in [2.05, 4.69) is 21.7 Å². The van der Waals surface area contributed by atoms with Crippen molar-refractivity contribution in [3.05, 3.63) is 35.5 Å². The van der Waals surface area contributed by atoms with E-state index in [-0.39, 0.29) is 0 Å². The molecule has 2 N–H and O–H groups in total. The van der Waals surface area contributed by atoms with Gasteiger partial charge in [0.15, 0.2) is 0 Å². The summed E-state index contributed by atoms with van der Waals surface area (Å²) in [5.41, 5.74) is 1.94. The van der Waals surface area contributed by atoms with Gasteiger partial charge in [0.2, 0.25) is 0 Å². The molecule has 0 unspecified atom stereocenters. The zero-order chi connectivity index (χ0) is 11.7. The number of benzene rings is 1. The van der Waals surface area contributed by atoms with E-state index < -0.39 is 0 Å². The summed E-state index contributed by atoms with van der Waals surface area (Å²) in [7, 11) is 0. The lowest BCUT2D eigenvalue weighted by Gasteiger charge is -2.14. The number of nitrogens with zero attached hydrogens (tertiary/aromatic N) is 1. The van der Waals surface area contributed by atoms with Crippen molar-refractivity contribution in [3.63, 3.8) is 0 Å². The summed E-state index contributed by atoms with van der Waals surface area (Å²) < 4.78 is 0. The molecule has 0 bridgehead atoms. The van der Waals surface area contributed by atoms with Crippen molar-refractivity contribution in [2.75, 3.05) is 18.4 Å². The van der Waals surface area contributed by atoms with Gasteiger partial charge in [0.1, 0.15) is 0 Å². The number of hydrogen-bond acceptors (Lipinski definition) is 3. The maximum absolute atomic E-state index is 6.23.